The Hall–Kier alpha value is -1.46. The van der Waals surface area contributed by atoms with E-state index >= 15 is 0 Å². The van der Waals surface area contributed by atoms with Crippen molar-refractivity contribution >= 4 is 12.3 Å². The average molecular weight is 443 g/mol. The van der Waals surface area contributed by atoms with Gasteiger partial charge in [0.05, 0.1) is 13.2 Å². The number of hydrogen-bond donors (Lipinski definition) is 0. The third-order valence-corrected chi connectivity index (χ3v) is 5.65. The molecule has 1 rings (SSSR count). The second-order valence-electron chi connectivity index (χ2n) is 9.68. The molecule has 0 N–H and O–H groups in total. The molecule has 0 aromatic carbocycles. The molecule has 0 aliphatic heterocycles. The second kappa shape index (κ2) is 17.1. The van der Waals surface area contributed by atoms with Crippen molar-refractivity contribution in [3.63, 3.8) is 0 Å². The summed E-state index contributed by atoms with van der Waals surface area (Å²) in [6.07, 6.45) is 11.3. The number of ether oxygens (including phenoxy) is 4. The van der Waals surface area contributed by atoms with E-state index in [1.54, 1.807) is 0 Å². The number of hydrogen-bond acceptors (Lipinski definition) is 6. The molecule has 0 bridgehead atoms. The third kappa shape index (κ3) is 15.9. The molecule has 0 radical (unpaired) electrons. The first kappa shape index (κ1) is 27.6. The van der Waals surface area contributed by atoms with Crippen molar-refractivity contribution in [2.24, 2.45) is 11.8 Å². The van der Waals surface area contributed by atoms with Crippen LogP contribution in [0.5, 0.6) is 0 Å². The molecule has 182 valence electrons. The maximum absolute atomic E-state index is 11.9. The highest BCUT2D eigenvalue weighted by atomic mass is 16.7. The molecule has 0 aromatic heterocycles. The maximum atomic E-state index is 11.9. The van der Waals surface area contributed by atoms with E-state index in [9.17, 15) is 9.59 Å². The highest BCUT2D eigenvalue weighted by Crippen LogP contribution is 2.24. The van der Waals surface area contributed by atoms with Crippen LogP contribution >= 0.6 is 0 Å². The predicted molar refractivity (Wildman–Crippen MR) is 122 cm³/mol. The molecule has 1 fully saturated rings. The largest absolute Gasteiger partial charge is 0.508 e. The summed E-state index contributed by atoms with van der Waals surface area (Å²) in [5.74, 6) is 1.38. The quantitative estimate of drug-likeness (QED) is 0.194. The zero-order chi connectivity index (χ0) is 22.9. The highest BCUT2D eigenvalue weighted by molar-refractivity contribution is 5.60. The van der Waals surface area contributed by atoms with Gasteiger partial charge in [-0.25, -0.2) is 9.59 Å². The first-order chi connectivity index (χ1) is 14.9. The van der Waals surface area contributed by atoms with Crippen LogP contribution in [0.25, 0.3) is 0 Å². The maximum Gasteiger partial charge on any atom is 0.508 e. The van der Waals surface area contributed by atoms with Gasteiger partial charge in [-0.15, -0.1) is 0 Å². The van der Waals surface area contributed by atoms with Crippen molar-refractivity contribution in [2.75, 3.05) is 13.2 Å². The minimum absolute atomic E-state index is 0.263. The minimum Gasteiger partial charge on any atom is -0.434 e. The standard InChI is InChI=1S/C25H46O6/c1-20(2)13-9-7-5-6-8-10-17-28-24(26)30-22-15-11-16-23(19-22)31-25(27)29-18-12-14-21(3)4/h20-23H,5-19H2,1-4H3. The predicted octanol–water partition coefficient (Wildman–Crippen LogP) is 7.43. The zero-order valence-corrected chi connectivity index (χ0v) is 20.4. The summed E-state index contributed by atoms with van der Waals surface area (Å²) in [6.45, 7) is 9.60. The van der Waals surface area contributed by atoms with Gasteiger partial charge in [0, 0.05) is 6.42 Å². The van der Waals surface area contributed by atoms with Gasteiger partial charge in [0.25, 0.3) is 0 Å². The summed E-state index contributed by atoms with van der Waals surface area (Å²) in [6, 6.07) is 0. The van der Waals surface area contributed by atoms with E-state index in [0.717, 1.165) is 50.9 Å². The van der Waals surface area contributed by atoms with Gasteiger partial charge in [0.2, 0.25) is 0 Å². The van der Waals surface area contributed by atoms with Crippen LogP contribution in [0.1, 0.15) is 111 Å². The molecule has 0 spiro atoms. The Morgan fingerprint density at radius 2 is 1.13 bits per heavy atom. The minimum atomic E-state index is -0.624. The Bertz CT molecular complexity index is 477. The summed E-state index contributed by atoms with van der Waals surface area (Å²) in [5.41, 5.74) is 0. The van der Waals surface area contributed by atoms with Crippen LogP contribution in [-0.4, -0.2) is 37.7 Å². The molecule has 0 amide bonds. The molecule has 2 atom stereocenters. The van der Waals surface area contributed by atoms with Crippen molar-refractivity contribution in [1.29, 1.82) is 0 Å². The van der Waals surface area contributed by atoms with Gasteiger partial charge in [-0.2, -0.15) is 0 Å². The van der Waals surface area contributed by atoms with E-state index in [4.69, 9.17) is 18.9 Å². The van der Waals surface area contributed by atoms with Crippen LogP contribution in [0, 0.1) is 11.8 Å². The van der Waals surface area contributed by atoms with Gasteiger partial charge in [0.1, 0.15) is 12.2 Å². The molecule has 1 aliphatic rings. The number of carbonyl (C=O) groups excluding carboxylic acids is 2. The molecule has 0 aromatic rings. The number of unbranched alkanes of at least 4 members (excludes halogenated alkanes) is 5. The summed E-state index contributed by atoms with van der Waals surface area (Å²) in [4.78, 5) is 23.8. The summed E-state index contributed by atoms with van der Waals surface area (Å²) in [5, 5.41) is 0. The van der Waals surface area contributed by atoms with E-state index in [2.05, 4.69) is 27.7 Å². The third-order valence-electron chi connectivity index (χ3n) is 5.65. The van der Waals surface area contributed by atoms with E-state index in [1.165, 1.54) is 32.1 Å². The van der Waals surface area contributed by atoms with Crippen LogP contribution in [-0.2, 0) is 18.9 Å². The van der Waals surface area contributed by atoms with E-state index in [-0.39, 0.29) is 12.2 Å². The van der Waals surface area contributed by atoms with Gasteiger partial charge in [-0.05, 0) is 50.4 Å². The Morgan fingerprint density at radius 1 is 0.677 bits per heavy atom. The topological polar surface area (TPSA) is 71.1 Å². The molecule has 2 unspecified atom stereocenters. The fraction of sp³-hybridized carbons (Fsp3) is 0.920. The van der Waals surface area contributed by atoms with Crippen molar-refractivity contribution in [1.82, 2.24) is 0 Å². The molecule has 31 heavy (non-hydrogen) atoms. The number of carbonyl (C=O) groups is 2. The smallest absolute Gasteiger partial charge is 0.434 e. The summed E-state index contributed by atoms with van der Waals surface area (Å²) >= 11 is 0. The lowest BCUT2D eigenvalue weighted by Crippen LogP contribution is -2.32. The molecule has 1 aliphatic carbocycles. The van der Waals surface area contributed by atoms with E-state index in [1.807, 2.05) is 0 Å². The highest BCUT2D eigenvalue weighted by Gasteiger charge is 2.28. The molecular weight excluding hydrogens is 396 g/mol. The van der Waals surface area contributed by atoms with Gasteiger partial charge in [-0.3, -0.25) is 0 Å². The van der Waals surface area contributed by atoms with Gasteiger partial charge >= 0.3 is 12.3 Å². The van der Waals surface area contributed by atoms with Crippen LogP contribution in [0.3, 0.4) is 0 Å². The van der Waals surface area contributed by atoms with Crippen LogP contribution in [0.2, 0.25) is 0 Å². The first-order valence-corrected chi connectivity index (χ1v) is 12.5. The second-order valence-corrected chi connectivity index (χ2v) is 9.68. The van der Waals surface area contributed by atoms with Gasteiger partial charge in [0.15, 0.2) is 0 Å². The van der Waals surface area contributed by atoms with Crippen LogP contribution in [0.4, 0.5) is 9.59 Å². The fourth-order valence-electron chi connectivity index (χ4n) is 3.82. The molecule has 1 saturated carbocycles. The van der Waals surface area contributed by atoms with Gasteiger partial charge < -0.3 is 18.9 Å². The molecular formula is C25H46O6. The van der Waals surface area contributed by atoms with Crippen LogP contribution < -0.4 is 0 Å². The van der Waals surface area contributed by atoms with Crippen molar-refractivity contribution in [3.8, 4) is 0 Å². The van der Waals surface area contributed by atoms with E-state index in [0.29, 0.717) is 25.6 Å². The molecule has 6 heteroatoms. The lowest BCUT2D eigenvalue weighted by atomic mass is 9.95. The Labute approximate surface area is 189 Å². The van der Waals surface area contributed by atoms with Gasteiger partial charge in [-0.1, -0.05) is 66.2 Å². The molecule has 0 saturated heterocycles. The SMILES string of the molecule is CC(C)CCCCCCCCOC(=O)OC1CCCC(OC(=O)OCCCC(C)C)C1. The summed E-state index contributed by atoms with van der Waals surface area (Å²) < 4.78 is 21.1. The number of rotatable bonds is 15. The summed E-state index contributed by atoms with van der Waals surface area (Å²) in [7, 11) is 0. The molecule has 6 nitrogen and oxygen atoms in total. The Morgan fingerprint density at radius 3 is 1.68 bits per heavy atom. The monoisotopic (exact) mass is 442 g/mol. The average Bonchev–Trinajstić information content (AvgIpc) is 2.70. The molecule has 0 heterocycles. The van der Waals surface area contributed by atoms with Crippen molar-refractivity contribution < 1.29 is 28.5 Å². The lowest BCUT2D eigenvalue weighted by Gasteiger charge is -2.28. The van der Waals surface area contributed by atoms with Crippen molar-refractivity contribution in [2.45, 2.75) is 123 Å². The van der Waals surface area contributed by atoms with Crippen molar-refractivity contribution in [3.05, 3.63) is 0 Å². The zero-order valence-electron chi connectivity index (χ0n) is 20.4. The first-order valence-electron chi connectivity index (χ1n) is 12.5. The van der Waals surface area contributed by atoms with Crippen LogP contribution in [0.15, 0.2) is 0 Å². The Balaban J connectivity index is 2.06. The Kier molecular flexibility index (Phi) is 15.2. The normalized spacial score (nSPS) is 18.8. The lowest BCUT2D eigenvalue weighted by molar-refractivity contribution is -0.0351. The van der Waals surface area contributed by atoms with E-state index < -0.39 is 12.3 Å². The fourth-order valence-corrected chi connectivity index (χ4v) is 3.82.